The van der Waals surface area contributed by atoms with E-state index in [1.54, 1.807) is 6.07 Å². The Morgan fingerprint density at radius 1 is 1.32 bits per heavy atom. The van der Waals surface area contributed by atoms with E-state index in [9.17, 15) is 4.79 Å². The molecule has 5 heteroatoms. The number of rotatable bonds is 4. The zero-order chi connectivity index (χ0) is 14.0. The Balaban J connectivity index is 2.11. The lowest BCUT2D eigenvalue weighted by atomic mass is 9.97. The highest BCUT2D eigenvalue weighted by Gasteiger charge is 2.30. The number of carbonyl (C=O) groups excluding carboxylic acids is 1. The third kappa shape index (κ3) is 3.05. The number of carbonyl (C=O) groups is 1. The molecular formula is C14H21N4O. The van der Waals surface area contributed by atoms with E-state index in [1.807, 2.05) is 33.3 Å². The molecule has 1 heterocycles. The molecule has 0 fully saturated rings. The summed E-state index contributed by atoms with van der Waals surface area (Å²) in [6.07, 6.45) is 0.678. The van der Waals surface area contributed by atoms with Crippen molar-refractivity contribution in [1.29, 1.82) is 0 Å². The maximum atomic E-state index is 12.1. The summed E-state index contributed by atoms with van der Waals surface area (Å²) in [4.78, 5) is 16.3. The second-order valence-electron chi connectivity index (χ2n) is 5.33. The molecule has 1 unspecified atom stereocenters. The normalized spacial score (nSPS) is 18.6. The van der Waals surface area contributed by atoms with Crippen LogP contribution in [0.3, 0.4) is 0 Å². The predicted molar refractivity (Wildman–Crippen MR) is 76.5 cm³/mol. The van der Waals surface area contributed by atoms with Crippen LogP contribution in [0, 0.1) is 0 Å². The van der Waals surface area contributed by atoms with Gasteiger partial charge in [-0.2, -0.15) is 0 Å². The van der Waals surface area contributed by atoms with Crippen LogP contribution in [0.15, 0.2) is 18.2 Å². The average Bonchev–Trinajstić information content (AvgIpc) is 2.36. The number of fused-ring (bicyclic) bond motifs is 1. The van der Waals surface area contributed by atoms with Gasteiger partial charge in [0.25, 0.3) is 0 Å². The van der Waals surface area contributed by atoms with Crippen molar-refractivity contribution >= 4 is 17.3 Å². The smallest absolute Gasteiger partial charge is 0.242 e. The van der Waals surface area contributed by atoms with Crippen LogP contribution in [0.5, 0.6) is 0 Å². The Bertz CT molecular complexity index is 473. The SMILES string of the molecule is CN(C)CCN(C)C1Cc2cccc([NH])c2NC1=O. The van der Waals surface area contributed by atoms with Crippen molar-refractivity contribution in [2.24, 2.45) is 0 Å². The van der Waals surface area contributed by atoms with Crippen LogP contribution in [0.1, 0.15) is 5.56 Å². The lowest BCUT2D eigenvalue weighted by Crippen LogP contribution is -2.47. The van der Waals surface area contributed by atoms with Crippen molar-refractivity contribution < 1.29 is 4.79 Å². The number of hydrogen-bond donors (Lipinski definition) is 1. The topological polar surface area (TPSA) is 59.4 Å². The van der Waals surface area contributed by atoms with Crippen LogP contribution >= 0.6 is 0 Å². The summed E-state index contributed by atoms with van der Waals surface area (Å²) in [6, 6.07) is 5.42. The second-order valence-corrected chi connectivity index (χ2v) is 5.33. The van der Waals surface area contributed by atoms with Crippen molar-refractivity contribution in [2.45, 2.75) is 12.5 Å². The Morgan fingerprint density at radius 2 is 2.05 bits per heavy atom. The van der Waals surface area contributed by atoms with Gasteiger partial charge in [0.05, 0.1) is 17.4 Å². The van der Waals surface area contributed by atoms with Gasteiger partial charge in [-0.15, -0.1) is 0 Å². The van der Waals surface area contributed by atoms with Crippen molar-refractivity contribution in [3.63, 3.8) is 0 Å². The first-order chi connectivity index (χ1) is 8.99. The number of hydrogen-bond acceptors (Lipinski definition) is 3. The predicted octanol–water partition coefficient (Wildman–Crippen LogP) is 0.958. The van der Waals surface area contributed by atoms with E-state index in [4.69, 9.17) is 5.73 Å². The lowest BCUT2D eigenvalue weighted by molar-refractivity contribution is -0.121. The van der Waals surface area contributed by atoms with Crippen molar-refractivity contribution in [2.75, 3.05) is 39.5 Å². The molecule has 0 saturated carbocycles. The van der Waals surface area contributed by atoms with Crippen LogP contribution < -0.4 is 11.1 Å². The van der Waals surface area contributed by atoms with Gasteiger partial charge in [-0.3, -0.25) is 15.4 Å². The van der Waals surface area contributed by atoms with Gasteiger partial charge in [-0.25, -0.2) is 0 Å². The first-order valence-electron chi connectivity index (χ1n) is 6.48. The molecule has 1 aliphatic rings. The Morgan fingerprint density at radius 3 is 2.74 bits per heavy atom. The minimum atomic E-state index is -0.144. The van der Waals surface area contributed by atoms with Crippen molar-refractivity contribution in [3.05, 3.63) is 23.8 Å². The Hall–Kier alpha value is -1.59. The highest BCUT2D eigenvalue weighted by molar-refractivity contribution is 6.00. The second kappa shape index (κ2) is 5.59. The van der Waals surface area contributed by atoms with E-state index in [2.05, 4.69) is 15.1 Å². The maximum absolute atomic E-state index is 12.1. The summed E-state index contributed by atoms with van der Waals surface area (Å²) in [5, 5.41) is 2.87. The van der Waals surface area contributed by atoms with E-state index >= 15 is 0 Å². The molecule has 1 amide bonds. The molecule has 1 aromatic carbocycles. The van der Waals surface area contributed by atoms with E-state index in [1.165, 1.54) is 0 Å². The summed E-state index contributed by atoms with van der Waals surface area (Å²) in [7, 11) is 6.02. The fraction of sp³-hybridized carbons (Fsp3) is 0.500. The summed E-state index contributed by atoms with van der Waals surface area (Å²) >= 11 is 0. The first kappa shape index (κ1) is 13.8. The largest absolute Gasteiger partial charge is 0.323 e. The average molecular weight is 261 g/mol. The number of nitrogens with zero attached hydrogens (tertiary/aromatic N) is 2. The molecular weight excluding hydrogens is 240 g/mol. The number of anilines is 1. The van der Waals surface area contributed by atoms with Crippen LogP contribution in [0.4, 0.5) is 11.4 Å². The molecule has 1 radical (unpaired) electrons. The maximum Gasteiger partial charge on any atom is 0.242 e. The molecule has 1 aliphatic heterocycles. The van der Waals surface area contributed by atoms with E-state index < -0.39 is 0 Å². The minimum absolute atomic E-state index is 0.00606. The first-order valence-corrected chi connectivity index (χ1v) is 6.48. The number of para-hydroxylation sites is 1. The fourth-order valence-electron chi connectivity index (χ4n) is 2.29. The number of amides is 1. The van der Waals surface area contributed by atoms with E-state index in [0.717, 1.165) is 18.7 Å². The molecule has 5 nitrogen and oxygen atoms in total. The Labute approximate surface area is 114 Å². The minimum Gasteiger partial charge on any atom is -0.323 e. The van der Waals surface area contributed by atoms with Gasteiger partial charge in [-0.05, 0) is 39.2 Å². The lowest BCUT2D eigenvalue weighted by Gasteiger charge is -2.32. The van der Waals surface area contributed by atoms with Gasteiger partial charge >= 0.3 is 0 Å². The van der Waals surface area contributed by atoms with Crippen LogP contribution in [-0.4, -0.2) is 56.0 Å². The van der Waals surface area contributed by atoms with Crippen molar-refractivity contribution in [3.8, 4) is 0 Å². The molecule has 0 aromatic heterocycles. The molecule has 1 aromatic rings. The van der Waals surface area contributed by atoms with Crippen LogP contribution in [0.2, 0.25) is 0 Å². The van der Waals surface area contributed by atoms with Crippen LogP contribution in [0.25, 0.3) is 0 Å². The summed E-state index contributed by atoms with van der Waals surface area (Å²) in [5.74, 6) is -0.00606. The van der Waals surface area contributed by atoms with Gasteiger partial charge in [-0.1, -0.05) is 12.1 Å². The molecule has 2 rings (SSSR count). The number of nitrogens with one attached hydrogen (secondary N) is 2. The van der Waals surface area contributed by atoms with Crippen molar-refractivity contribution in [1.82, 2.24) is 15.5 Å². The molecule has 0 saturated heterocycles. The molecule has 0 spiro atoms. The quantitative estimate of drug-likeness (QED) is 0.878. The molecule has 1 atom stereocenters. The van der Waals surface area contributed by atoms with Gasteiger partial charge in [0.1, 0.15) is 0 Å². The molecule has 0 aliphatic carbocycles. The van der Waals surface area contributed by atoms with Gasteiger partial charge in [0.2, 0.25) is 5.91 Å². The standard InChI is InChI=1S/C14H21N4O/c1-17(2)7-8-18(3)12-9-10-5-4-6-11(15)13(10)16-14(12)19/h4-6,12,15H,7-9H2,1-3H3,(H,16,19). The summed E-state index contributed by atoms with van der Waals surface area (Å²) in [5.41, 5.74) is 9.92. The summed E-state index contributed by atoms with van der Waals surface area (Å²) < 4.78 is 0. The zero-order valence-electron chi connectivity index (χ0n) is 11.7. The molecule has 2 N–H and O–H groups in total. The molecule has 103 valence electrons. The molecule has 19 heavy (non-hydrogen) atoms. The third-order valence-electron chi connectivity index (χ3n) is 3.55. The van der Waals surface area contributed by atoms with E-state index in [0.29, 0.717) is 17.8 Å². The van der Waals surface area contributed by atoms with Gasteiger partial charge in [0, 0.05) is 13.1 Å². The van der Waals surface area contributed by atoms with E-state index in [-0.39, 0.29) is 11.9 Å². The molecule has 0 bridgehead atoms. The van der Waals surface area contributed by atoms with Gasteiger partial charge < -0.3 is 10.2 Å². The highest BCUT2D eigenvalue weighted by atomic mass is 16.2. The third-order valence-corrected chi connectivity index (χ3v) is 3.55. The number of likely N-dealkylation sites (N-methyl/N-ethyl adjacent to an activating group) is 2. The monoisotopic (exact) mass is 261 g/mol. The number of benzene rings is 1. The Kier molecular flexibility index (Phi) is 4.07. The fourth-order valence-corrected chi connectivity index (χ4v) is 2.29. The highest BCUT2D eigenvalue weighted by Crippen LogP contribution is 2.30. The zero-order valence-corrected chi connectivity index (χ0v) is 11.7. The summed E-state index contributed by atoms with van der Waals surface area (Å²) in [6.45, 7) is 1.77. The van der Waals surface area contributed by atoms with Gasteiger partial charge in [0.15, 0.2) is 0 Å². The van der Waals surface area contributed by atoms with Crippen LogP contribution in [-0.2, 0) is 11.2 Å².